The van der Waals surface area contributed by atoms with Gasteiger partial charge < -0.3 is 10.0 Å². The number of rotatable bonds is 2. The number of carboxylic acid groups (broad SMARTS) is 1. The molecule has 0 aromatic carbocycles. The number of carbonyl (C=O) groups is 2. The third-order valence-corrected chi connectivity index (χ3v) is 3.61. The predicted octanol–water partition coefficient (Wildman–Crippen LogP) is 0.666. The number of aliphatic carboxylic acids is 1. The Kier molecular flexibility index (Phi) is 3.09. The molecule has 0 radical (unpaired) electrons. The summed E-state index contributed by atoms with van der Waals surface area (Å²) in [6.07, 6.45) is 7.68. The van der Waals surface area contributed by atoms with Crippen LogP contribution in [0.25, 0.3) is 5.52 Å². The van der Waals surface area contributed by atoms with Gasteiger partial charge in [0.1, 0.15) is 0 Å². The smallest absolute Gasteiger partial charge is 0.308 e. The molecule has 3 rings (SSSR count). The lowest BCUT2D eigenvalue weighted by Gasteiger charge is -2.30. The molecule has 2 aromatic rings. The first-order valence-electron chi connectivity index (χ1n) is 6.46. The van der Waals surface area contributed by atoms with Crippen LogP contribution in [0.5, 0.6) is 0 Å². The van der Waals surface area contributed by atoms with Crippen molar-refractivity contribution in [2.45, 2.75) is 12.8 Å². The highest BCUT2D eigenvalue weighted by Crippen LogP contribution is 2.20. The Bertz CT molecular complexity index is 666. The van der Waals surface area contributed by atoms with Crippen LogP contribution in [-0.4, -0.2) is 49.6 Å². The van der Waals surface area contributed by atoms with Crippen LogP contribution >= 0.6 is 0 Å². The van der Waals surface area contributed by atoms with Gasteiger partial charge in [-0.05, 0) is 12.8 Å². The number of carbonyl (C=O) groups excluding carboxylic acids is 1. The fourth-order valence-electron chi connectivity index (χ4n) is 2.53. The van der Waals surface area contributed by atoms with Crippen molar-refractivity contribution in [2.24, 2.45) is 5.92 Å². The second kappa shape index (κ2) is 4.92. The van der Waals surface area contributed by atoms with Crippen molar-refractivity contribution in [1.82, 2.24) is 19.5 Å². The summed E-state index contributed by atoms with van der Waals surface area (Å²) in [6, 6.07) is 0. The average Bonchev–Trinajstić information content (AvgIpc) is 2.90. The molecule has 1 aliphatic heterocycles. The van der Waals surface area contributed by atoms with Crippen LogP contribution in [0.2, 0.25) is 0 Å². The van der Waals surface area contributed by atoms with Crippen molar-refractivity contribution in [1.29, 1.82) is 0 Å². The van der Waals surface area contributed by atoms with E-state index in [1.54, 1.807) is 28.0 Å². The number of aromatic nitrogens is 3. The average molecular weight is 274 g/mol. The number of likely N-dealkylation sites (tertiary alicyclic amines) is 1. The molecular weight excluding hydrogens is 260 g/mol. The van der Waals surface area contributed by atoms with Gasteiger partial charge in [0.25, 0.3) is 5.91 Å². The molecule has 7 heteroatoms. The Hall–Kier alpha value is -2.44. The van der Waals surface area contributed by atoms with Gasteiger partial charge in [-0.15, -0.1) is 0 Å². The minimum atomic E-state index is -0.843. The Morgan fingerprint density at radius 2 is 2.20 bits per heavy atom. The number of amides is 1. The molecule has 7 nitrogen and oxygen atoms in total. The molecule has 1 atom stereocenters. The summed E-state index contributed by atoms with van der Waals surface area (Å²) in [4.78, 5) is 29.1. The lowest BCUT2D eigenvalue weighted by molar-refractivity contribution is -0.143. The molecule has 2 aromatic heterocycles. The molecular formula is C13H14N4O3. The van der Waals surface area contributed by atoms with E-state index in [0.29, 0.717) is 30.5 Å². The highest BCUT2D eigenvalue weighted by molar-refractivity contribution is 6.00. The summed E-state index contributed by atoms with van der Waals surface area (Å²) < 4.78 is 1.58. The standard InChI is InChI=1S/C13H14N4O3/c18-12(16-4-1-2-9(8-16)13(19)20)10-6-15-17-5-3-14-7-11(10)17/h3,5-7,9H,1-2,4,8H2,(H,19,20)/t9-/m0/s1. The van der Waals surface area contributed by atoms with E-state index in [1.165, 1.54) is 6.20 Å². The van der Waals surface area contributed by atoms with Crippen LogP contribution in [0.4, 0.5) is 0 Å². The number of nitrogens with zero attached hydrogens (tertiary/aromatic N) is 4. The minimum absolute atomic E-state index is 0.182. The maximum atomic E-state index is 12.5. The van der Waals surface area contributed by atoms with Gasteiger partial charge in [0.05, 0.1) is 29.4 Å². The summed E-state index contributed by atoms with van der Waals surface area (Å²) in [5.74, 6) is -1.50. The summed E-state index contributed by atoms with van der Waals surface area (Å²) in [5, 5.41) is 13.2. The minimum Gasteiger partial charge on any atom is -0.481 e. The molecule has 0 saturated carbocycles. The molecule has 1 aliphatic rings. The summed E-state index contributed by atoms with van der Waals surface area (Å²) in [7, 11) is 0. The first kappa shape index (κ1) is 12.6. The summed E-state index contributed by atoms with van der Waals surface area (Å²) in [5.41, 5.74) is 1.10. The van der Waals surface area contributed by atoms with Gasteiger partial charge in [-0.1, -0.05) is 0 Å². The van der Waals surface area contributed by atoms with E-state index in [4.69, 9.17) is 5.11 Å². The Morgan fingerprint density at radius 3 is 3.00 bits per heavy atom. The monoisotopic (exact) mass is 274 g/mol. The number of fused-ring (bicyclic) bond motifs is 1. The van der Waals surface area contributed by atoms with Crippen LogP contribution in [0.1, 0.15) is 23.2 Å². The van der Waals surface area contributed by atoms with Crippen molar-refractivity contribution < 1.29 is 14.7 Å². The molecule has 0 aliphatic carbocycles. The van der Waals surface area contributed by atoms with E-state index < -0.39 is 11.9 Å². The van der Waals surface area contributed by atoms with Crippen molar-refractivity contribution in [3.63, 3.8) is 0 Å². The fraction of sp³-hybridized carbons (Fsp3) is 0.385. The van der Waals surface area contributed by atoms with Crippen molar-refractivity contribution in [3.05, 3.63) is 30.4 Å². The molecule has 3 heterocycles. The van der Waals surface area contributed by atoms with Crippen LogP contribution in [0.15, 0.2) is 24.8 Å². The topological polar surface area (TPSA) is 87.8 Å². The highest BCUT2D eigenvalue weighted by atomic mass is 16.4. The third kappa shape index (κ3) is 2.11. The van der Waals surface area contributed by atoms with Gasteiger partial charge in [0.15, 0.2) is 0 Å². The Balaban J connectivity index is 1.87. The number of piperidine rings is 1. The first-order valence-corrected chi connectivity index (χ1v) is 6.46. The molecule has 104 valence electrons. The van der Waals surface area contributed by atoms with Gasteiger partial charge in [-0.25, -0.2) is 4.52 Å². The number of carboxylic acids is 1. The quantitative estimate of drug-likeness (QED) is 0.869. The maximum Gasteiger partial charge on any atom is 0.308 e. The number of hydrogen-bond acceptors (Lipinski definition) is 4. The van der Waals surface area contributed by atoms with Crippen molar-refractivity contribution in [2.75, 3.05) is 13.1 Å². The fourth-order valence-corrected chi connectivity index (χ4v) is 2.53. The van der Waals surface area contributed by atoms with Crippen LogP contribution in [0.3, 0.4) is 0 Å². The van der Waals surface area contributed by atoms with Crippen LogP contribution in [0, 0.1) is 5.92 Å². The molecule has 0 bridgehead atoms. The van der Waals surface area contributed by atoms with Gasteiger partial charge >= 0.3 is 5.97 Å². The second-order valence-electron chi connectivity index (χ2n) is 4.89. The molecule has 1 fully saturated rings. The molecule has 1 amide bonds. The second-order valence-corrected chi connectivity index (χ2v) is 4.89. The third-order valence-electron chi connectivity index (χ3n) is 3.61. The van der Waals surface area contributed by atoms with Gasteiger partial charge in [0, 0.05) is 25.5 Å². The van der Waals surface area contributed by atoms with E-state index in [0.717, 1.165) is 0 Å². The SMILES string of the molecule is O=C(O)[C@H]1CCCN(C(=O)c2cnn3ccncc23)C1. The summed E-state index contributed by atoms with van der Waals surface area (Å²) >= 11 is 0. The van der Waals surface area contributed by atoms with Gasteiger partial charge in [-0.3, -0.25) is 14.6 Å². The van der Waals surface area contributed by atoms with Gasteiger partial charge in [0.2, 0.25) is 0 Å². The maximum absolute atomic E-state index is 12.5. The van der Waals surface area contributed by atoms with E-state index in [-0.39, 0.29) is 12.5 Å². The van der Waals surface area contributed by atoms with Crippen molar-refractivity contribution >= 4 is 17.4 Å². The molecule has 1 saturated heterocycles. The largest absolute Gasteiger partial charge is 0.481 e. The van der Waals surface area contributed by atoms with Gasteiger partial charge in [-0.2, -0.15) is 5.10 Å². The van der Waals surface area contributed by atoms with E-state index in [9.17, 15) is 9.59 Å². The van der Waals surface area contributed by atoms with Crippen LogP contribution in [-0.2, 0) is 4.79 Å². The Labute approximate surface area is 114 Å². The first-order chi connectivity index (χ1) is 9.66. The zero-order chi connectivity index (χ0) is 14.1. The molecule has 20 heavy (non-hydrogen) atoms. The highest BCUT2D eigenvalue weighted by Gasteiger charge is 2.29. The molecule has 1 N–H and O–H groups in total. The van der Waals surface area contributed by atoms with Crippen LogP contribution < -0.4 is 0 Å². The van der Waals surface area contributed by atoms with E-state index >= 15 is 0 Å². The lowest BCUT2D eigenvalue weighted by Crippen LogP contribution is -2.42. The summed E-state index contributed by atoms with van der Waals surface area (Å²) in [6.45, 7) is 0.839. The zero-order valence-electron chi connectivity index (χ0n) is 10.8. The lowest BCUT2D eigenvalue weighted by atomic mass is 9.98. The van der Waals surface area contributed by atoms with Crippen molar-refractivity contribution in [3.8, 4) is 0 Å². The Morgan fingerprint density at radius 1 is 1.35 bits per heavy atom. The van der Waals surface area contributed by atoms with E-state index in [1.807, 2.05) is 0 Å². The molecule has 0 spiro atoms. The molecule has 0 unspecified atom stereocenters. The predicted molar refractivity (Wildman–Crippen MR) is 69.3 cm³/mol. The normalized spacial score (nSPS) is 19.2. The number of hydrogen-bond donors (Lipinski definition) is 1. The van der Waals surface area contributed by atoms with E-state index in [2.05, 4.69) is 10.1 Å². The zero-order valence-corrected chi connectivity index (χ0v) is 10.8.